The number of halogens is 3. The first-order valence-corrected chi connectivity index (χ1v) is 11.5. The number of carbonyl (C=O) groups is 1. The van der Waals surface area contributed by atoms with Crippen LogP contribution < -0.4 is 4.72 Å². The first-order chi connectivity index (χ1) is 14.1. The predicted octanol–water partition coefficient (Wildman–Crippen LogP) is 3.02. The van der Waals surface area contributed by atoms with Crippen LogP contribution in [0.15, 0.2) is 36.4 Å². The van der Waals surface area contributed by atoms with E-state index in [2.05, 4.69) is 4.72 Å². The topological polar surface area (TPSA) is 66.5 Å². The van der Waals surface area contributed by atoms with Crippen molar-refractivity contribution >= 4 is 15.9 Å². The van der Waals surface area contributed by atoms with Crippen molar-refractivity contribution in [3.8, 4) is 11.1 Å². The zero-order chi connectivity index (χ0) is 21.6. The van der Waals surface area contributed by atoms with Gasteiger partial charge in [-0.25, -0.2) is 26.3 Å². The molecule has 3 atom stereocenters. The van der Waals surface area contributed by atoms with E-state index in [1.54, 1.807) is 4.90 Å². The zero-order valence-electron chi connectivity index (χ0n) is 16.2. The number of rotatable bonds is 5. The molecule has 5 nitrogen and oxygen atoms in total. The highest BCUT2D eigenvalue weighted by molar-refractivity contribution is 7.88. The molecular weight excluding hydrogens is 417 g/mol. The van der Waals surface area contributed by atoms with Crippen LogP contribution in [0, 0.1) is 23.4 Å². The Morgan fingerprint density at radius 3 is 2.50 bits per heavy atom. The summed E-state index contributed by atoms with van der Waals surface area (Å²) in [4.78, 5) is 14.5. The van der Waals surface area contributed by atoms with Crippen LogP contribution in [-0.4, -0.2) is 44.6 Å². The lowest BCUT2D eigenvalue weighted by atomic mass is 9.94. The zero-order valence-corrected chi connectivity index (χ0v) is 17.1. The Bertz CT molecular complexity index is 1090. The molecule has 1 heterocycles. The summed E-state index contributed by atoms with van der Waals surface area (Å²) in [5.74, 6) is -2.95. The molecule has 0 radical (unpaired) electrons. The van der Waals surface area contributed by atoms with Crippen molar-refractivity contribution in [2.75, 3.05) is 19.3 Å². The first kappa shape index (κ1) is 20.9. The van der Waals surface area contributed by atoms with Crippen molar-refractivity contribution in [2.24, 2.45) is 5.92 Å². The average molecular weight is 438 g/mol. The maximum absolute atomic E-state index is 14.3. The molecule has 1 aliphatic heterocycles. The molecular formula is C21H21F3N2O3S. The quantitative estimate of drug-likeness (QED) is 0.781. The molecule has 1 aliphatic carbocycles. The Morgan fingerprint density at radius 2 is 1.83 bits per heavy atom. The summed E-state index contributed by atoms with van der Waals surface area (Å²) in [7, 11) is -3.36. The molecule has 3 unspecified atom stereocenters. The van der Waals surface area contributed by atoms with E-state index in [1.165, 1.54) is 18.2 Å². The molecule has 1 N–H and O–H groups in total. The first-order valence-electron chi connectivity index (χ1n) is 9.64. The van der Waals surface area contributed by atoms with Crippen LogP contribution in [0.1, 0.15) is 24.3 Å². The molecule has 2 aromatic rings. The van der Waals surface area contributed by atoms with Gasteiger partial charge < -0.3 is 4.90 Å². The van der Waals surface area contributed by atoms with Crippen molar-refractivity contribution in [1.29, 1.82) is 0 Å². The van der Waals surface area contributed by atoms with Crippen LogP contribution in [-0.2, 0) is 14.8 Å². The number of nitrogens with zero attached hydrogens (tertiary/aromatic N) is 1. The summed E-state index contributed by atoms with van der Waals surface area (Å²) in [6.07, 6.45) is 2.04. The normalized spacial score (nSPS) is 23.6. The van der Waals surface area contributed by atoms with Crippen molar-refractivity contribution in [2.45, 2.75) is 24.8 Å². The van der Waals surface area contributed by atoms with Crippen molar-refractivity contribution in [1.82, 2.24) is 9.62 Å². The molecule has 1 amide bonds. The van der Waals surface area contributed by atoms with Gasteiger partial charge in [0.05, 0.1) is 11.8 Å². The Hall–Kier alpha value is -2.39. The van der Waals surface area contributed by atoms with Gasteiger partial charge in [-0.2, -0.15) is 0 Å². The van der Waals surface area contributed by atoms with Gasteiger partial charge in [-0.05, 0) is 54.2 Å². The van der Waals surface area contributed by atoms with Gasteiger partial charge in [-0.1, -0.05) is 12.1 Å². The van der Waals surface area contributed by atoms with E-state index >= 15 is 0 Å². The van der Waals surface area contributed by atoms with E-state index < -0.39 is 33.4 Å². The van der Waals surface area contributed by atoms with Crippen molar-refractivity contribution in [3.05, 3.63) is 59.4 Å². The number of hydrogen-bond acceptors (Lipinski definition) is 3. The Balaban J connectivity index is 1.55. The summed E-state index contributed by atoms with van der Waals surface area (Å²) in [5, 5.41) is 0. The Kier molecular flexibility index (Phi) is 5.36. The molecule has 9 heteroatoms. The molecule has 160 valence electrons. The molecule has 1 saturated heterocycles. The van der Waals surface area contributed by atoms with Crippen LogP contribution in [0.25, 0.3) is 11.1 Å². The molecule has 4 rings (SSSR count). The molecule has 0 aromatic heterocycles. The van der Waals surface area contributed by atoms with Gasteiger partial charge in [0, 0.05) is 25.0 Å². The minimum absolute atomic E-state index is 0.151. The summed E-state index contributed by atoms with van der Waals surface area (Å²) in [6, 6.07) is 6.92. The van der Waals surface area contributed by atoms with Gasteiger partial charge in [-0.15, -0.1) is 0 Å². The minimum Gasteiger partial charge on any atom is -0.341 e. The second kappa shape index (κ2) is 7.70. The third-order valence-corrected chi connectivity index (χ3v) is 6.39. The molecule has 2 aliphatic rings. The third kappa shape index (κ3) is 4.22. The highest BCUT2D eigenvalue weighted by Crippen LogP contribution is 2.52. The van der Waals surface area contributed by atoms with E-state index in [9.17, 15) is 26.4 Å². The molecule has 1 saturated carbocycles. The average Bonchev–Trinajstić information content (AvgIpc) is 3.32. The van der Waals surface area contributed by atoms with E-state index in [4.69, 9.17) is 0 Å². The summed E-state index contributed by atoms with van der Waals surface area (Å²) >= 11 is 0. The second-order valence-corrected chi connectivity index (χ2v) is 9.72. The maximum atomic E-state index is 14.3. The smallest absolute Gasteiger partial charge is 0.226 e. The summed E-state index contributed by atoms with van der Waals surface area (Å²) in [6.45, 7) is 0.695. The second-order valence-electron chi connectivity index (χ2n) is 7.94. The van der Waals surface area contributed by atoms with Crippen LogP contribution in [0.3, 0.4) is 0 Å². The largest absolute Gasteiger partial charge is 0.341 e. The van der Waals surface area contributed by atoms with Gasteiger partial charge in [0.15, 0.2) is 0 Å². The lowest BCUT2D eigenvalue weighted by molar-refractivity contribution is -0.131. The summed E-state index contributed by atoms with van der Waals surface area (Å²) < 4.78 is 67.9. The fourth-order valence-electron chi connectivity index (χ4n) is 4.23. The summed E-state index contributed by atoms with van der Waals surface area (Å²) in [5.41, 5.74) is 0.414. The standard InChI is InChI=1S/C21H21F3N2O3S/c1-30(28,29)25-13-7-8-26(11-13)21(27)17-10-16(17)15-9-12(22)5-6-14(15)20-18(23)3-2-4-19(20)24/h2-6,9,13,16-17,25H,7-8,10-11H2,1H3. The van der Waals surface area contributed by atoms with E-state index in [0.29, 0.717) is 24.9 Å². The van der Waals surface area contributed by atoms with Crippen LogP contribution >= 0.6 is 0 Å². The fraction of sp³-hybridized carbons (Fsp3) is 0.381. The number of nitrogens with one attached hydrogen (secondary N) is 1. The molecule has 30 heavy (non-hydrogen) atoms. The fourth-order valence-corrected chi connectivity index (χ4v) is 5.03. The predicted molar refractivity (Wildman–Crippen MR) is 106 cm³/mol. The molecule has 0 spiro atoms. The minimum atomic E-state index is -3.36. The van der Waals surface area contributed by atoms with E-state index in [-0.39, 0.29) is 35.5 Å². The van der Waals surface area contributed by atoms with Gasteiger partial charge in [0.1, 0.15) is 17.5 Å². The van der Waals surface area contributed by atoms with Crippen LogP contribution in [0.4, 0.5) is 13.2 Å². The molecule has 0 bridgehead atoms. The van der Waals surface area contributed by atoms with Gasteiger partial charge in [-0.3, -0.25) is 4.79 Å². The Labute approximate surface area is 172 Å². The highest BCUT2D eigenvalue weighted by atomic mass is 32.2. The maximum Gasteiger partial charge on any atom is 0.226 e. The van der Waals surface area contributed by atoms with Crippen molar-refractivity contribution in [3.63, 3.8) is 0 Å². The van der Waals surface area contributed by atoms with Gasteiger partial charge in [0.25, 0.3) is 0 Å². The third-order valence-electron chi connectivity index (χ3n) is 5.63. The molecule has 2 fully saturated rings. The van der Waals surface area contributed by atoms with E-state index in [0.717, 1.165) is 24.5 Å². The number of sulfonamides is 1. The number of carbonyl (C=O) groups excluding carboxylic acids is 1. The van der Waals surface area contributed by atoms with Gasteiger partial charge in [0.2, 0.25) is 15.9 Å². The van der Waals surface area contributed by atoms with Crippen molar-refractivity contribution < 1.29 is 26.4 Å². The van der Waals surface area contributed by atoms with Gasteiger partial charge >= 0.3 is 0 Å². The van der Waals surface area contributed by atoms with Crippen LogP contribution in [0.5, 0.6) is 0 Å². The molecule has 2 aromatic carbocycles. The highest BCUT2D eigenvalue weighted by Gasteiger charge is 2.48. The number of amides is 1. The lowest BCUT2D eigenvalue weighted by Gasteiger charge is -2.17. The Morgan fingerprint density at radius 1 is 1.13 bits per heavy atom. The van der Waals surface area contributed by atoms with E-state index in [1.807, 2.05) is 0 Å². The number of benzene rings is 2. The monoisotopic (exact) mass is 438 g/mol. The number of likely N-dealkylation sites (tertiary alicyclic amines) is 1. The SMILES string of the molecule is CS(=O)(=O)NC1CCN(C(=O)C2CC2c2cc(F)ccc2-c2c(F)cccc2F)C1. The van der Waals surface area contributed by atoms with Crippen LogP contribution in [0.2, 0.25) is 0 Å². The number of hydrogen-bond donors (Lipinski definition) is 1. The lowest BCUT2D eigenvalue weighted by Crippen LogP contribution is -2.38.